The number of nitrogens with one attached hydrogen (secondary N) is 1. The van der Waals surface area contributed by atoms with Crippen molar-refractivity contribution < 1.29 is 4.79 Å². The monoisotopic (exact) mass is 362 g/mol. The van der Waals surface area contributed by atoms with Crippen molar-refractivity contribution in [2.24, 2.45) is 0 Å². The van der Waals surface area contributed by atoms with Crippen LogP contribution in [0.1, 0.15) is 32.3 Å². The number of likely N-dealkylation sites (tertiary alicyclic amines) is 1. The molecule has 1 saturated heterocycles. The van der Waals surface area contributed by atoms with Gasteiger partial charge in [-0.25, -0.2) is 0 Å². The third kappa shape index (κ3) is 4.27. The molecule has 3 rings (SSSR count). The van der Waals surface area contributed by atoms with E-state index in [2.05, 4.69) is 34.6 Å². The lowest BCUT2D eigenvalue weighted by molar-refractivity contribution is -0.129. The smallest absolute Gasteiger partial charge is 0.235 e. The second-order valence-corrected chi connectivity index (χ2v) is 8.41. The predicted octanol–water partition coefficient (Wildman–Crippen LogP) is 3.95. The molecule has 0 bridgehead atoms. The van der Waals surface area contributed by atoms with Crippen molar-refractivity contribution in [1.29, 1.82) is 0 Å². The molecule has 0 spiro atoms. The van der Waals surface area contributed by atoms with Crippen LogP contribution in [0.15, 0.2) is 28.6 Å². The average Bonchev–Trinajstić information content (AvgIpc) is 3.27. The van der Waals surface area contributed by atoms with E-state index in [0.717, 1.165) is 47.5 Å². The predicted molar refractivity (Wildman–Crippen MR) is 100 cm³/mol. The second kappa shape index (κ2) is 7.98. The molecule has 0 unspecified atom stereocenters. The fraction of sp³-hybridized carbons (Fsp3) is 0.471. The number of carbonyl (C=O) groups excluding carboxylic acids is 1. The fourth-order valence-electron chi connectivity index (χ4n) is 2.65. The van der Waals surface area contributed by atoms with Gasteiger partial charge in [0.05, 0.1) is 5.25 Å². The molecule has 1 aliphatic heterocycles. The van der Waals surface area contributed by atoms with Crippen molar-refractivity contribution in [3.63, 3.8) is 0 Å². The van der Waals surface area contributed by atoms with Gasteiger partial charge in [0.2, 0.25) is 11.0 Å². The molecule has 1 N–H and O–H groups in total. The molecule has 24 heavy (non-hydrogen) atoms. The van der Waals surface area contributed by atoms with Gasteiger partial charge in [-0.3, -0.25) is 4.79 Å². The summed E-state index contributed by atoms with van der Waals surface area (Å²) in [6, 6.07) is 8.31. The maximum Gasteiger partial charge on any atom is 0.235 e. The highest BCUT2D eigenvalue weighted by molar-refractivity contribution is 8.02. The zero-order valence-corrected chi connectivity index (χ0v) is 15.6. The van der Waals surface area contributed by atoms with E-state index in [-0.39, 0.29) is 11.2 Å². The lowest BCUT2D eigenvalue weighted by Crippen LogP contribution is -2.33. The summed E-state index contributed by atoms with van der Waals surface area (Å²) in [5.74, 6) is 0.206. The number of nitrogens with zero attached hydrogens (tertiary/aromatic N) is 3. The molecular formula is C17H22N4OS2. The molecule has 0 radical (unpaired) electrons. The van der Waals surface area contributed by atoms with Crippen LogP contribution in [-0.4, -0.2) is 39.3 Å². The van der Waals surface area contributed by atoms with Crippen LogP contribution in [0.25, 0.3) is 0 Å². The first-order valence-electron chi connectivity index (χ1n) is 8.30. The van der Waals surface area contributed by atoms with Crippen LogP contribution in [-0.2, 0) is 11.2 Å². The summed E-state index contributed by atoms with van der Waals surface area (Å²) < 4.78 is 0.822. The van der Waals surface area contributed by atoms with Crippen molar-refractivity contribution in [3.8, 4) is 0 Å². The Balaban J connectivity index is 1.57. The van der Waals surface area contributed by atoms with Crippen LogP contribution in [0.2, 0.25) is 0 Å². The zero-order chi connectivity index (χ0) is 16.9. The minimum absolute atomic E-state index is 0.118. The number of hydrogen-bond acceptors (Lipinski definition) is 6. The van der Waals surface area contributed by atoms with E-state index >= 15 is 0 Å². The molecule has 1 aromatic heterocycles. The Morgan fingerprint density at radius 3 is 2.67 bits per heavy atom. The van der Waals surface area contributed by atoms with E-state index in [0.29, 0.717) is 0 Å². The summed E-state index contributed by atoms with van der Waals surface area (Å²) >= 11 is 2.97. The van der Waals surface area contributed by atoms with Crippen molar-refractivity contribution in [2.75, 3.05) is 18.4 Å². The first kappa shape index (κ1) is 17.2. The fourth-order valence-corrected chi connectivity index (χ4v) is 4.65. The Kier molecular flexibility index (Phi) is 5.73. The van der Waals surface area contributed by atoms with Gasteiger partial charge >= 0.3 is 0 Å². The highest BCUT2D eigenvalue weighted by Crippen LogP contribution is 2.31. The van der Waals surface area contributed by atoms with Crippen molar-refractivity contribution in [2.45, 2.75) is 42.7 Å². The highest BCUT2D eigenvalue weighted by atomic mass is 32.2. The molecular weight excluding hydrogens is 340 g/mol. The molecule has 2 aromatic rings. The molecule has 128 valence electrons. The van der Waals surface area contributed by atoms with E-state index in [1.807, 2.05) is 24.0 Å². The van der Waals surface area contributed by atoms with E-state index in [1.165, 1.54) is 28.7 Å². The molecule has 2 heterocycles. The maximum atomic E-state index is 12.4. The van der Waals surface area contributed by atoms with Crippen molar-refractivity contribution >= 4 is 39.8 Å². The summed E-state index contributed by atoms with van der Waals surface area (Å²) in [4.78, 5) is 14.3. The number of hydrogen-bond donors (Lipinski definition) is 1. The number of thioether (sulfide) groups is 1. The minimum Gasteiger partial charge on any atom is -0.342 e. The second-order valence-electron chi connectivity index (χ2n) is 5.84. The van der Waals surface area contributed by atoms with E-state index in [9.17, 15) is 4.79 Å². The molecule has 1 aliphatic rings. The van der Waals surface area contributed by atoms with Gasteiger partial charge in [0, 0.05) is 18.8 Å². The van der Waals surface area contributed by atoms with Crippen LogP contribution in [0, 0.1) is 0 Å². The molecule has 5 nitrogen and oxygen atoms in total. The van der Waals surface area contributed by atoms with E-state index in [1.54, 1.807) is 0 Å². The van der Waals surface area contributed by atoms with Gasteiger partial charge in [-0.05, 0) is 43.9 Å². The summed E-state index contributed by atoms with van der Waals surface area (Å²) in [7, 11) is 0. The highest BCUT2D eigenvalue weighted by Gasteiger charge is 2.25. The maximum absolute atomic E-state index is 12.4. The van der Waals surface area contributed by atoms with E-state index in [4.69, 9.17) is 0 Å². The number of rotatable bonds is 6. The first-order valence-corrected chi connectivity index (χ1v) is 10.00. The van der Waals surface area contributed by atoms with Gasteiger partial charge in [-0.2, -0.15) is 0 Å². The standard InChI is InChI=1S/C17H22N4OS2/c1-3-13-6-8-14(9-7-13)18-16-19-20-17(24-16)23-12(2)15(22)21-10-4-5-11-21/h6-9,12H,3-5,10-11H2,1-2H3,(H,18,19)/t12-/m0/s1. The molecule has 1 amide bonds. The van der Waals surface area contributed by atoms with Crippen LogP contribution >= 0.6 is 23.1 Å². The number of anilines is 2. The molecule has 1 atom stereocenters. The van der Waals surface area contributed by atoms with Crippen molar-refractivity contribution in [1.82, 2.24) is 15.1 Å². The van der Waals surface area contributed by atoms with Gasteiger partial charge in [0.25, 0.3) is 0 Å². The largest absolute Gasteiger partial charge is 0.342 e. The summed E-state index contributed by atoms with van der Waals surface area (Å²) in [6.45, 7) is 5.87. The quantitative estimate of drug-likeness (QED) is 0.789. The van der Waals surface area contributed by atoms with E-state index < -0.39 is 0 Å². The van der Waals surface area contributed by atoms with Crippen LogP contribution in [0.3, 0.4) is 0 Å². The number of benzene rings is 1. The van der Waals surface area contributed by atoms with Crippen LogP contribution in [0.5, 0.6) is 0 Å². The molecule has 1 fully saturated rings. The number of aromatic nitrogens is 2. The number of amides is 1. The average molecular weight is 363 g/mol. The Morgan fingerprint density at radius 1 is 1.29 bits per heavy atom. The Morgan fingerprint density at radius 2 is 2.00 bits per heavy atom. The van der Waals surface area contributed by atoms with Crippen LogP contribution in [0.4, 0.5) is 10.8 Å². The summed E-state index contributed by atoms with van der Waals surface area (Å²) in [5.41, 5.74) is 2.31. The van der Waals surface area contributed by atoms with Crippen molar-refractivity contribution in [3.05, 3.63) is 29.8 Å². The Hall–Kier alpha value is -1.60. The lowest BCUT2D eigenvalue weighted by atomic mass is 10.1. The van der Waals surface area contributed by atoms with Gasteiger partial charge in [0.15, 0.2) is 4.34 Å². The van der Waals surface area contributed by atoms with Crippen LogP contribution < -0.4 is 5.32 Å². The van der Waals surface area contributed by atoms with Gasteiger partial charge < -0.3 is 10.2 Å². The number of aryl methyl sites for hydroxylation is 1. The summed E-state index contributed by atoms with van der Waals surface area (Å²) in [5, 5.41) is 12.3. The zero-order valence-electron chi connectivity index (χ0n) is 14.0. The normalized spacial score (nSPS) is 15.5. The molecule has 0 saturated carbocycles. The third-order valence-corrected chi connectivity index (χ3v) is 6.07. The topological polar surface area (TPSA) is 58.1 Å². The third-order valence-electron chi connectivity index (χ3n) is 4.06. The molecule has 1 aromatic carbocycles. The molecule has 0 aliphatic carbocycles. The van der Waals surface area contributed by atoms with Gasteiger partial charge in [-0.15, -0.1) is 10.2 Å². The number of carbonyl (C=O) groups is 1. The first-order chi connectivity index (χ1) is 11.7. The Bertz CT molecular complexity index is 680. The summed E-state index contributed by atoms with van der Waals surface area (Å²) in [6.07, 6.45) is 3.27. The molecule has 7 heteroatoms. The minimum atomic E-state index is -0.118. The van der Waals surface area contributed by atoms with Gasteiger partial charge in [-0.1, -0.05) is 42.2 Å². The SMILES string of the molecule is CCc1ccc(Nc2nnc(S[C@@H](C)C(=O)N3CCCC3)s2)cc1. The Labute approximate surface area is 150 Å². The van der Waals surface area contributed by atoms with Gasteiger partial charge in [0.1, 0.15) is 0 Å². The lowest BCUT2D eigenvalue weighted by Gasteiger charge is -2.18.